The van der Waals surface area contributed by atoms with Gasteiger partial charge in [0.05, 0.1) is 0 Å². The molecule has 2 amide bonds. The normalized spacial score (nSPS) is 15.1. The molecule has 29 heavy (non-hydrogen) atoms. The second-order valence-electron chi connectivity index (χ2n) is 7.56. The molecule has 1 saturated heterocycles. The number of amides is 2. The van der Waals surface area contributed by atoms with E-state index in [2.05, 4.69) is 51.7 Å². The van der Waals surface area contributed by atoms with Crippen molar-refractivity contribution in [3.63, 3.8) is 0 Å². The first-order chi connectivity index (χ1) is 14.0. The van der Waals surface area contributed by atoms with E-state index in [0.717, 1.165) is 38.3 Å². The number of carbonyl (C=O) groups is 2. The van der Waals surface area contributed by atoms with Gasteiger partial charge in [-0.25, -0.2) is 0 Å². The summed E-state index contributed by atoms with van der Waals surface area (Å²) in [6.45, 7) is 7.68. The van der Waals surface area contributed by atoms with Crippen molar-refractivity contribution in [3.8, 4) is 0 Å². The Morgan fingerprint density at radius 3 is 2.34 bits per heavy atom. The van der Waals surface area contributed by atoms with Crippen LogP contribution < -0.4 is 10.6 Å². The van der Waals surface area contributed by atoms with Crippen LogP contribution in [0.4, 0.5) is 5.69 Å². The lowest BCUT2D eigenvalue weighted by Crippen LogP contribution is -2.43. The number of nitrogens with one attached hydrogen (secondary N) is 2. The van der Waals surface area contributed by atoms with E-state index in [1.807, 2.05) is 0 Å². The highest BCUT2D eigenvalue weighted by Crippen LogP contribution is 2.12. The third-order valence-electron chi connectivity index (χ3n) is 5.21. The predicted octanol–water partition coefficient (Wildman–Crippen LogP) is 2.71. The zero-order valence-corrected chi connectivity index (χ0v) is 17.3. The summed E-state index contributed by atoms with van der Waals surface area (Å²) in [5.74, 6) is -0.224. The summed E-state index contributed by atoms with van der Waals surface area (Å²) < 4.78 is 0. The molecule has 0 radical (unpaired) electrons. The Hall–Kier alpha value is -2.70. The zero-order valence-electron chi connectivity index (χ0n) is 17.3. The number of likely N-dealkylation sites (N-methyl/N-ethyl adjacent to an activating group) is 1. The zero-order chi connectivity index (χ0) is 20.6. The van der Waals surface area contributed by atoms with Gasteiger partial charge in [-0.15, -0.1) is 0 Å². The van der Waals surface area contributed by atoms with E-state index < -0.39 is 0 Å². The van der Waals surface area contributed by atoms with Crippen molar-refractivity contribution in [1.82, 2.24) is 15.1 Å². The van der Waals surface area contributed by atoms with Gasteiger partial charge in [0.2, 0.25) is 5.91 Å². The second-order valence-corrected chi connectivity index (χ2v) is 7.56. The van der Waals surface area contributed by atoms with Crippen molar-refractivity contribution in [1.29, 1.82) is 0 Å². The fraction of sp³-hybridized carbons (Fsp3) is 0.391. The topological polar surface area (TPSA) is 64.7 Å². The molecule has 0 spiro atoms. The maximum atomic E-state index is 12.4. The fourth-order valence-electron chi connectivity index (χ4n) is 3.30. The van der Waals surface area contributed by atoms with Gasteiger partial charge in [0.15, 0.2) is 0 Å². The summed E-state index contributed by atoms with van der Waals surface area (Å²) >= 11 is 0. The largest absolute Gasteiger partial charge is 0.348 e. The predicted molar refractivity (Wildman–Crippen MR) is 116 cm³/mol. The first-order valence-corrected chi connectivity index (χ1v) is 10.2. The molecule has 1 aliphatic heterocycles. The molecule has 0 aromatic heterocycles. The SMILES string of the molecule is CCC(=O)Nc1cccc(C(=O)NCc2ccc(CN3CCN(C)CC3)cc2)c1. The van der Waals surface area contributed by atoms with Crippen molar-refractivity contribution in [2.75, 3.05) is 38.5 Å². The molecule has 6 heteroatoms. The monoisotopic (exact) mass is 394 g/mol. The first kappa shape index (κ1) is 21.0. The highest BCUT2D eigenvalue weighted by atomic mass is 16.2. The van der Waals surface area contributed by atoms with Gasteiger partial charge in [-0.2, -0.15) is 0 Å². The van der Waals surface area contributed by atoms with Crippen LogP contribution >= 0.6 is 0 Å². The lowest BCUT2D eigenvalue weighted by atomic mass is 10.1. The third kappa shape index (κ3) is 6.41. The van der Waals surface area contributed by atoms with Gasteiger partial charge >= 0.3 is 0 Å². The van der Waals surface area contributed by atoms with Crippen LogP contribution in [0.2, 0.25) is 0 Å². The highest BCUT2D eigenvalue weighted by molar-refractivity contribution is 5.97. The van der Waals surface area contributed by atoms with Crippen LogP contribution in [0.3, 0.4) is 0 Å². The Bertz CT molecular complexity index is 827. The molecule has 0 aliphatic carbocycles. The van der Waals surface area contributed by atoms with E-state index in [1.165, 1.54) is 5.56 Å². The van der Waals surface area contributed by atoms with E-state index in [1.54, 1.807) is 31.2 Å². The van der Waals surface area contributed by atoms with Crippen LogP contribution in [0.1, 0.15) is 34.8 Å². The maximum Gasteiger partial charge on any atom is 0.251 e. The van der Waals surface area contributed by atoms with Crippen molar-refractivity contribution in [2.45, 2.75) is 26.4 Å². The number of piperazine rings is 1. The number of nitrogens with zero attached hydrogens (tertiary/aromatic N) is 2. The molecule has 154 valence electrons. The molecular weight excluding hydrogens is 364 g/mol. The van der Waals surface area contributed by atoms with Gasteiger partial charge in [-0.05, 0) is 36.4 Å². The van der Waals surface area contributed by atoms with Gasteiger partial charge in [-0.3, -0.25) is 14.5 Å². The van der Waals surface area contributed by atoms with E-state index in [9.17, 15) is 9.59 Å². The minimum atomic E-state index is -0.154. The quantitative estimate of drug-likeness (QED) is 0.758. The van der Waals surface area contributed by atoms with Crippen LogP contribution in [-0.4, -0.2) is 54.8 Å². The van der Waals surface area contributed by atoms with Crippen molar-refractivity contribution < 1.29 is 9.59 Å². The molecule has 1 aliphatic rings. The van der Waals surface area contributed by atoms with Gasteiger partial charge in [0.25, 0.3) is 5.91 Å². The Morgan fingerprint density at radius 2 is 1.66 bits per heavy atom. The van der Waals surface area contributed by atoms with E-state index in [4.69, 9.17) is 0 Å². The molecule has 6 nitrogen and oxygen atoms in total. The van der Waals surface area contributed by atoms with E-state index >= 15 is 0 Å². The number of hydrogen-bond acceptors (Lipinski definition) is 4. The van der Waals surface area contributed by atoms with Gasteiger partial charge < -0.3 is 15.5 Å². The van der Waals surface area contributed by atoms with Crippen molar-refractivity contribution >= 4 is 17.5 Å². The number of anilines is 1. The molecule has 0 atom stereocenters. The van der Waals surface area contributed by atoms with Crippen LogP contribution in [0.25, 0.3) is 0 Å². The highest BCUT2D eigenvalue weighted by Gasteiger charge is 2.13. The number of hydrogen-bond donors (Lipinski definition) is 2. The standard InChI is InChI=1S/C23H30N4O2/c1-3-22(28)25-21-6-4-5-20(15-21)23(29)24-16-18-7-9-19(10-8-18)17-27-13-11-26(2)12-14-27/h4-10,15H,3,11-14,16-17H2,1-2H3,(H,24,29)(H,25,28). The molecule has 1 fully saturated rings. The van der Waals surface area contributed by atoms with Crippen LogP contribution in [0.5, 0.6) is 0 Å². The first-order valence-electron chi connectivity index (χ1n) is 10.2. The number of rotatable bonds is 7. The van der Waals surface area contributed by atoms with Crippen LogP contribution in [0, 0.1) is 0 Å². The third-order valence-corrected chi connectivity index (χ3v) is 5.21. The molecular formula is C23H30N4O2. The van der Waals surface area contributed by atoms with Crippen LogP contribution in [0.15, 0.2) is 48.5 Å². The molecule has 2 aromatic rings. The minimum Gasteiger partial charge on any atom is -0.348 e. The average molecular weight is 395 g/mol. The van der Waals surface area contributed by atoms with Gasteiger partial charge in [0, 0.05) is 56.9 Å². The Labute approximate surface area is 172 Å². The summed E-state index contributed by atoms with van der Waals surface area (Å²) in [5, 5.41) is 5.73. The smallest absolute Gasteiger partial charge is 0.251 e. The number of benzene rings is 2. The van der Waals surface area contributed by atoms with Gasteiger partial charge in [-0.1, -0.05) is 37.3 Å². The fourth-order valence-corrected chi connectivity index (χ4v) is 3.30. The summed E-state index contributed by atoms with van der Waals surface area (Å²) in [6.07, 6.45) is 0.404. The van der Waals surface area contributed by atoms with Crippen molar-refractivity contribution in [2.24, 2.45) is 0 Å². The lowest BCUT2D eigenvalue weighted by Gasteiger charge is -2.32. The average Bonchev–Trinajstić information content (AvgIpc) is 2.74. The molecule has 1 heterocycles. The van der Waals surface area contributed by atoms with Crippen molar-refractivity contribution in [3.05, 3.63) is 65.2 Å². The molecule has 3 rings (SSSR count). The van der Waals surface area contributed by atoms with Gasteiger partial charge in [0.1, 0.15) is 0 Å². The molecule has 0 bridgehead atoms. The molecule has 0 unspecified atom stereocenters. The number of carbonyl (C=O) groups excluding carboxylic acids is 2. The minimum absolute atomic E-state index is 0.0702. The van der Waals surface area contributed by atoms with Crippen LogP contribution in [-0.2, 0) is 17.9 Å². The maximum absolute atomic E-state index is 12.4. The second kappa shape index (κ2) is 10.2. The lowest BCUT2D eigenvalue weighted by molar-refractivity contribution is -0.115. The molecule has 2 aromatic carbocycles. The molecule has 2 N–H and O–H groups in total. The summed E-state index contributed by atoms with van der Waals surface area (Å²) in [6, 6.07) is 15.4. The Kier molecular flexibility index (Phi) is 7.38. The van der Waals surface area contributed by atoms with E-state index in [-0.39, 0.29) is 11.8 Å². The summed E-state index contributed by atoms with van der Waals surface area (Å²) in [5.41, 5.74) is 3.53. The summed E-state index contributed by atoms with van der Waals surface area (Å²) in [7, 11) is 2.16. The molecule has 0 saturated carbocycles. The Morgan fingerprint density at radius 1 is 0.966 bits per heavy atom. The summed E-state index contributed by atoms with van der Waals surface area (Å²) in [4.78, 5) is 28.8. The Balaban J connectivity index is 1.50. The van der Waals surface area contributed by atoms with E-state index in [0.29, 0.717) is 24.2 Å².